The van der Waals surface area contributed by atoms with Crippen molar-refractivity contribution in [1.29, 1.82) is 0 Å². The summed E-state index contributed by atoms with van der Waals surface area (Å²) in [6.07, 6.45) is 2.06. The molecule has 1 rings (SSSR count). The predicted octanol–water partition coefficient (Wildman–Crippen LogP) is 0.811. The van der Waals surface area contributed by atoms with E-state index in [0.29, 0.717) is 6.54 Å². The summed E-state index contributed by atoms with van der Waals surface area (Å²) in [7, 11) is 0. The van der Waals surface area contributed by atoms with Crippen LogP contribution < -0.4 is 11.4 Å². The Bertz CT molecular complexity index is 344. The van der Waals surface area contributed by atoms with Gasteiger partial charge in [-0.2, -0.15) is 0 Å². The molecule has 1 aromatic rings. The highest BCUT2D eigenvalue weighted by atomic mass is 32.2. The van der Waals surface area contributed by atoms with Crippen molar-refractivity contribution < 1.29 is 0 Å². The number of thioether (sulfide) groups is 1. The first kappa shape index (κ1) is 12.3. The summed E-state index contributed by atoms with van der Waals surface area (Å²) in [4.78, 5) is 11.2. The van der Waals surface area contributed by atoms with E-state index in [4.69, 9.17) is 5.73 Å². The topological polar surface area (TPSA) is 76.7 Å². The molecule has 1 heterocycles. The maximum atomic E-state index is 11.2. The average Bonchev–Trinajstić information content (AvgIpc) is 2.53. The van der Waals surface area contributed by atoms with E-state index in [1.165, 1.54) is 0 Å². The summed E-state index contributed by atoms with van der Waals surface area (Å²) in [5.41, 5.74) is 5.51. The molecule has 0 fully saturated rings. The third-order valence-corrected chi connectivity index (χ3v) is 3.14. The largest absolute Gasteiger partial charge is 0.343 e. The molecule has 0 saturated heterocycles. The third kappa shape index (κ3) is 3.71. The van der Waals surface area contributed by atoms with Gasteiger partial charge in [-0.25, -0.2) is 9.89 Å². The van der Waals surface area contributed by atoms with Crippen molar-refractivity contribution in [1.82, 2.24) is 14.8 Å². The lowest BCUT2D eigenvalue weighted by Crippen LogP contribution is -2.16. The fraction of sp³-hybridized carbons (Fsp3) is 0.778. The molecular weight excluding hydrogens is 212 g/mol. The van der Waals surface area contributed by atoms with Gasteiger partial charge in [0, 0.05) is 18.3 Å². The van der Waals surface area contributed by atoms with Crippen molar-refractivity contribution in [2.45, 2.75) is 44.4 Å². The van der Waals surface area contributed by atoms with Crippen LogP contribution in [0.5, 0.6) is 0 Å². The summed E-state index contributed by atoms with van der Waals surface area (Å²) < 4.78 is 1.64. The normalized spacial score (nSPS) is 13.0. The number of aromatic amines is 1. The molecule has 6 heteroatoms. The summed E-state index contributed by atoms with van der Waals surface area (Å²) in [6, 6.07) is 0.248. The minimum Gasteiger partial charge on any atom is -0.328 e. The molecule has 15 heavy (non-hydrogen) atoms. The van der Waals surface area contributed by atoms with Gasteiger partial charge in [0.25, 0.3) is 0 Å². The zero-order valence-electron chi connectivity index (χ0n) is 9.19. The second-order valence-electron chi connectivity index (χ2n) is 3.52. The monoisotopic (exact) mass is 230 g/mol. The number of aromatic nitrogens is 3. The standard InChI is InChI=1S/C9H18N4OS/c1-3-13-8(14)11-12-9(13)15-6-4-5-7(2)10/h7H,3-6,10H2,1-2H3,(H,11,14). The van der Waals surface area contributed by atoms with Crippen molar-refractivity contribution in [2.24, 2.45) is 5.73 Å². The summed E-state index contributed by atoms with van der Waals surface area (Å²) in [5, 5.41) is 7.18. The van der Waals surface area contributed by atoms with E-state index in [2.05, 4.69) is 10.2 Å². The van der Waals surface area contributed by atoms with Crippen molar-refractivity contribution in [3.8, 4) is 0 Å². The Hall–Kier alpha value is -0.750. The Labute approximate surface area is 93.4 Å². The maximum absolute atomic E-state index is 11.2. The van der Waals surface area contributed by atoms with Crippen molar-refractivity contribution >= 4 is 11.8 Å². The molecular formula is C9H18N4OS. The van der Waals surface area contributed by atoms with Gasteiger partial charge in [0.05, 0.1) is 0 Å². The van der Waals surface area contributed by atoms with Crippen LogP contribution >= 0.6 is 11.8 Å². The van der Waals surface area contributed by atoms with Crippen LogP contribution in [0.3, 0.4) is 0 Å². The molecule has 0 aliphatic heterocycles. The van der Waals surface area contributed by atoms with E-state index in [1.807, 2.05) is 13.8 Å². The minimum absolute atomic E-state index is 0.132. The van der Waals surface area contributed by atoms with Crippen LogP contribution in [0.4, 0.5) is 0 Å². The zero-order chi connectivity index (χ0) is 11.3. The lowest BCUT2D eigenvalue weighted by molar-refractivity contribution is 0.648. The van der Waals surface area contributed by atoms with Crippen LogP contribution in [0.15, 0.2) is 9.95 Å². The predicted molar refractivity (Wildman–Crippen MR) is 62.1 cm³/mol. The maximum Gasteiger partial charge on any atom is 0.343 e. The van der Waals surface area contributed by atoms with Crippen LogP contribution in [0, 0.1) is 0 Å². The first-order valence-corrected chi connectivity index (χ1v) is 6.17. The Morgan fingerprint density at radius 3 is 3.00 bits per heavy atom. The van der Waals surface area contributed by atoms with Gasteiger partial charge >= 0.3 is 5.69 Å². The molecule has 0 radical (unpaired) electrons. The highest BCUT2D eigenvalue weighted by Crippen LogP contribution is 2.15. The van der Waals surface area contributed by atoms with E-state index >= 15 is 0 Å². The first-order valence-electron chi connectivity index (χ1n) is 5.18. The number of hydrogen-bond acceptors (Lipinski definition) is 4. The molecule has 3 N–H and O–H groups in total. The van der Waals surface area contributed by atoms with Crippen LogP contribution in [0.1, 0.15) is 26.7 Å². The van der Waals surface area contributed by atoms with E-state index < -0.39 is 0 Å². The molecule has 0 saturated carbocycles. The van der Waals surface area contributed by atoms with Crippen LogP contribution in [0.2, 0.25) is 0 Å². The van der Waals surface area contributed by atoms with Gasteiger partial charge in [0.1, 0.15) is 0 Å². The Kier molecular flexibility index (Phi) is 4.90. The number of nitrogens with zero attached hydrogens (tertiary/aromatic N) is 2. The fourth-order valence-electron chi connectivity index (χ4n) is 1.26. The summed E-state index contributed by atoms with van der Waals surface area (Å²) >= 11 is 1.60. The van der Waals surface area contributed by atoms with Crippen LogP contribution in [-0.4, -0.2) is 26.6 Å². The molecule has 0 spiro atoms. The molecule has 0 aliphatic carbocycles. The first-order chi connectivity index (χ1) is 7.15. The number of rotatable bonds is 6. The van der Waals surface area contributed by atoms with Gasteiger partial charge in [-0.1, -0.05) is 11.8 Å². The van der Waals surface area contributed by atoms with Gasteiger partial charge in [-0.3, -0.25) is 4.57 Å². The fourth-order valence-corrected chi connectivity index (χ4v) is 2.23. The zero-order valence-corrected chi connectivity index (χ0v) is 10.0. The van der Waals surface area contributed by atoms with Gasteiger partial charge < -0.3 is 5.73 Å². The summed E-state index contributed by atoms with van der Waals surface area (Å²) in [6.45, 7) is 4.59. The number of nitrogens with one attached hydrogen (secondary N) is 1. The van der Waals surface area contributed by atoms with Crippen molar-refractivity contribution in [3.63, 3.8) is 0 Å². The third-order valence-electron chi connectivity index (χ3n) is 2.07. The van der Waals surface area contributed by atoms with Crippen LogP contribution in [-0.2, 0) is 6.54 Å². The highest BCUT2D eigenvalue weighted by molar-refractivity contribution is 7.99. The second-order valence-corrected chi connectivity index (χ2v) is 4.59. The van der Waals surface area contributed by atoms with Crippen molar-refractivity contribution in [2.75, 3.05) is 5.75 Å². The molecule has 0 amide bonds. The average molecular weight is 230 g/mol. The second kappa shape index (κ2) is 5.97. The number of H-pyrrole nitrogens is 1. The van der Waals surface area contributed by atoms with E-state index in [-0.39, 0.29) is 11.7 Å². The molecule has 1 atom stereocenters. The quantitative estimate of drug-likeness (QED) is 0.560. The number of hydrogen-bond donors (Lipinski definition) is 2. The van der Waals surface area contributed by atoms with Crippen LogP contribution in [0.25, 0.3) is 0 Å². The van der Waals surface area contributed by atoms with Gasteiger partial charge in [0.2, 0.25) is 0 Å². The van der Waals surface area contributed by atoms with E-state index in [1.54, 1.807) is 16.3 Å². The highest BCUT2D eigenvalue weighted by Gasteiger charge is 2.06. The molecule has 5 nitrogen and oxygen atoms in total. The molecule has 1 aromatic heterocycles. The lowest BCUT2D eigenvalue weighted by Gasteiger charge is -2.04. The SMILES string of the molecule is CCn1c(SCCCC(C)N)n[nH]c1=O. The molecule has 0 aromatic carbocycles. The lowest BCUT2D eigenvalue weighted by atomic mass is 10.2. The Morgan fingerprint density at radius 1 is 1.67 bits per heavy atom. The number of nitrogens with two attached hydrogens (primary N) is 1. The molecule has 0 aliphatic rings. The van der Waals surface area contributed by atoms with Gasteiger partial charge in [0.15, 0.2) is 5.16 Å². The Morgan fingerprint density at radius 2 is 2.40 bits per heavy atom. The molecule has 0 bridgehead atoms. The van der Waals surface area contributed by atoms with E-state index in [0.717, 1.165) is 23.8 Å². The van der Waals surface area contributed by atoms with E-state index in [9.17, 15) is 4.79 Å². The minimum atomic E-state index is -0.132. The molecule has 86 valence electrons. The Balaban J connectivity index is 2.40. The smallest absolute Gasteiger partial charge is 0.328 e. The molecule has 1 unspecified atom stereocenters. The van der Waals surface area contributed by atoms with Crippen molar-refractivity contribution in [3.05, 3.63) is 10.5 Å². The summed E-state index contributed by atoms with van der Waals surface area (Å²) in [5.74, 6) is 0.950. The van der Waals surface area contributed by atoms with Gasteiger partial charge in [-0.15, -0.1) is 5.10 Å². The van der Waals surface area contributed by atoms with Gasteiger partial charge in [-0.05, 0) is 26.7 Å².